The number of hydrogen-bond acceptors (Lipinski definition) is 4. The van der Waals surface area contributed by atoms with E-state index < -0.39 is 0 Å². The fourth-order valence-electron chi connectivity index (χ4n) is 3.35. The first kappa shape index (κ1) is 19.6. The van der Waals surface area contributed by atoms with Gasteiger partial charge in [0.15, 0.2) is 0 Å². The van der Waals surface area contributed by atoms with Crippen molar-refractivity contribution in [1.82, 2.24) is 9.97 Å². The van der Waals surface area contributed by atoms with Crippen LogP contribution in [-0.2, 0) is 5.41 Å². The number of rotatable bonds is 4. The summed E-state index contributed by atoms with van der Waals surface area (Å²) in [6.45, 7) is 6.26. The highest BCUT2D eigenvalue weighted by Gasteiger charge is 2.20. The van der Waals surface area contributed by atoms with Gasteiger partial charge >= 0.3 is 0 Å². The molecular weight excluding hydrogens is 372 g/mol. The van der Waals surface area contributed by atoms with Gasteiger partial charge in [-0.2, -0.15) is 0 Å². The standard InChI is InChI=1S/C26H24N2O2/c1-26(2,3)21-12-7-11-20(25(21)29)23-14-8-13-22(28-23)18-9-6-10-19(17-18)30-24-15-4-5-16-27-24/h4-17,29H,1-3H3. The summed E-state index contributed by atoms with van der Waals surface area (Å²) in [6.07, 6.45) is 1.70. The van der Waals surface area contributed by atoms with Crippen molar-refractivity contribution in [2.75, 3.05) is 0 Å². The smallest absolute Gasteiger partial charge is 0.219 e. The van der Waals surface area contributed by atoms with Crippen LogP contribution in [0.3, 0.4) is 0 Å². The normalized spacial score (nSPS) is 11.3. The Morgan fingerprint density at radius 1 is 0.800 bits per heavy atom. The Morgan fingerprint density at radius 3 is 2.33 bits per heavy atom. The summed E-state index contributed by atoms with van der Waals surface area (Å²) in [6, 6.07) is 24.9. The number of aromatic hydroxyl groups is 1. The monoisotopic (exact) mass is 396 g/mol. The fraction of sp³-hybridized carbons (Fsp3) is 0.154. The van der Waals surface area contributed by atoms with Gasteiger partial charge in [0, 0.05) is 23.4 Å². The molecule has 0 fully saturated rings. The third-order valence-electron chi connectivity index (χ3n) is 4.86. The molecule has 0 saturated carbocycles. The minimum atomic E-state index is -0.158. The van der Waals surface area contributed by atoms with Gasteiger partial charge in [-0.1, -0.05) is 57.2 Å². The SMILES string of the molecule is CC(C)(C)c1cccc(-c2cccc(-c3cccc(Oc4ccccn4)c3)n2)c1O. The molecule has 0 unspecified atom stereocenters. The average molecular weight is 396 g/mol. The Hall–Kier alpha value is -3.66. The molecule has 0 bridgehead atoms. The zero-order chi connectivity index (χ0) is 21.1. The molecule has 0 radical (unpaired) electrons. The van der Waals surface area contributed by atoms with Gasteiger partial charge in [-0.15, -0.1) is 0 Å². The highest BCUT2D eigenvalue weighted by atomic mass is 16.5. The van der Waals surface area contributed by atoms with Gasteiger partial charge < -0.3 is 9.84 Å². The van der Waals surface area contributed by atoms with E-state index in [4.69, 9.17) is 9.72 Å². The van der Waals surface area contributed by atoms with Crippen LogP contribution < -0.4 is 4.74 Å². The van der Waals surface area contributed by atoms with E-state index in [0.717, 1.165) is 28.1 Å². The van der Waals surface area contributed by atoms with Gasteiger partial charge in [-0.3, -0.25) is 0 Å². The molecule has 4 nitrogen and oxygen atoms in total. The Morgan fingerprint density at radius 2 is 1.57 bits per heavy atom. The lowest BCUT2D eigenvalue weighted by Gasteiger charge is -2.21. The van der Waals surface area contributed by atoms with Crippen molar-refractivity contribution in [3.8, 4) is 39.9 Å². The number of aromatic nitrogens is 2. The van der Waals surface area contributed by atoms with Crippen molar-refractivity contribution in [2.24, 2.45) is 0 Å². The Labute approximate surface area is 176 Å². The predicted octanol–water partition coefficient (Wildman–Crippen LogP) is 6.61. The lowest BCUT2D eigenvalue weighted by atomic mass is 9.85. The van der Waals surface area contributed by atoms with E-state index in [2.05, 4.69) is 25.8 Å². The van der Waals surface area contributed by atoms with E-state index in [1.54, 1.807) is 6.20 Å². The van der Waals surface area contributed by atoms with Crippen molar-refractivity contribution in [1.29, 1.82) is 0 Å². The van der Waals surface area contributed by atoms with Crippen LogP contribution in [0, 0.1) is 0 Å². The first-order chi connectivity index (χ1) is 14.4. The van der Waals surface area contributed by atoms with Gasteiger partial charge in [0.2, 0.25) is 5.88 Å². The second-order valence-corrected chi connectivity index (χ2v) is 8.16. The second-order valence-electron chi connectivity index (χ2n) is 8.16. The number of pyridine rings is 2. The number of phenolic OH excluding ortho intramolecular Hbond substituents is 1. The molecule has 2 heterocycles. The van der Waals surface area contributed by atoms with Crippen molar-refractivity contribution >= 4 is 0 Å². The zero-order valence-electron chi connectivity index (χ0n) is 17.3. The molecule has 0 aliphatic rings. The third-order valence-corrected chi connectivity index (χ3v) is 4.86. The summed E-state index contributed by atoms with van der Waals surface area (Å²) in [7, 11) is 0. The van der Waals surface area contributed by atoms with Crippen LogP contribution in [-0.4, -0.2) is 15.1 Å². The number of ether oxygens (including phenoxy) is 1. The molecule has 0 aliphatic carbocycles. The summed E-state index contributed by atoms with van der Waals surface area (Å²) in [5.74, 6) is 1.51. The van der Waals surface area contributed by atoms with E-state index in [9.17, 15) is 5.11 Å². The number of nitrogens with zero attached hydrogens (tertiary/aromatic N) is 2. The molecule has 2 aromatic heterocycles. The average Bonchev–Trinajstić information content (AvgIpc) is 2.74. The second kappa shape index (κ2) is 7.99. The van der Waals surface area contributed by atoms with E-state index in [-0.39, 0.29) is 11.2 Å². The number of benzene rings is 2. The fourth-order valence-corrected chi connectivity index (χ4v) is 3.35. The molecule has 1 N–H and O–H groups in total. The minimum absolute atomic E-state index is 0.158. The summed E-state index contributed by atoms with van der Waals surface area (Å²) in [5.41, 5.74) is 3.93. The zero-order valence-corrected chi connectivity index (χ0v) is 17.3. The van der Waals surface area contributed by atoms with E-state index in [1.165, 1.54) is 0 Å². The molecule has 30 heavy (non-hydrogen) atoms. The predicted molar refractivity (Wildman–Crippen MR) is 120 cm³/mol. The molecule has 4 rings (SSSR count). The molecule has 4 aromatic rings. The number of phenols is 1. The molecule has 0 spiro atoms. The molecule has 2 aromatic carbocycles. The van der Waals surface area contributed by atoms with Crippen LogP contribution in [0.5, 0.6) is 17.4 Å². The maximum absolute atomic E-state index is 10.9. The van der Waals surface area contributed by atoms with Gasteiger partial charge in [0.1, 0.15) is 11.5 Å². The van der Waals surface area contributed by atoms with Crippen LogP contribution in [0.2, 0.25) is 0 Å². The molecule has 0 saturated heterocycles. The van der Waals surface area contributed by atoms with Crippen LogP contribution in [0.25, 0.3) is 22.5 Å². The minimum Gasteiger partial charge on any atom is -0.507 e. The lowest BCUT2D eigenvalue weighted by Crippen LogP contribution is -2.11. The lowest BCUT2D eigenvalue weighted by molar-refractivity contribution is 0.448. The van der Waals surface area contributed by atoms with Crippen molar-refractivity contribution in [3.63, 3.8) is 0 Å². The Kier molecular flexibility index (Phi) is 5.23. The van der Waals surface area contributed by atoms with Gasteiger partial charge in [-0.25, -0.2) is 9.97 Å². The number of para-hydroxylation sites is 1. The largest absolute Gasteiger partial charge is 0.507 e. The Balaban J connectivity index is 1.69. The van der Waals surface area contributed by atoms with E-state index in [1.807, 2.05) is 78.9 Å². The molecule has 4 heteroatoms. The van der Waals surface area contributed by atoms with Crippen LogP contribution >= 0.6 is 0 Å². The Bertz CT molecular complexity index is 1170. The highest BCUT2D eigenvalue weighted by molar-refractivity contribution is 5.72. The first-order valence-corrected chi connectivity index (χ1v) is 9.91. The maximum Gasteiger partial charge on any atom is 0.219 e. The molecule has 0 aliphatic heterocycles. The van der Waals surface area contributed by atoms with Crippen LogP contribution in [0.4, 0.5) is 0 Å². The van der Waals surface area contributed by atoms with E-state index in [0.29, 0.717) is 11.6 Å². The van der Waals surface area contributed by atoms with Crippen molar-refractivity contribution in [3.05, 3.63) is 90.6 Å². The third kappa shape index (κ3) is 4.18. The van der Waals surface area contributed by atoms with Crippen molar-refractivity contribution < 1.29 is 9.84 Å². The van der Waals surface area contributed by atoms with Gasteiger partial charge in [-0.05, 0) is 47.4 Å². The summed E-state index contributed by atoms with van der Waals surface area (Å²) in [4.78, 5) is 9.02. The summed E-state index contributed by atoms with van der Waals surface area (Å²) in [5, 5.41) is 10.9. The molecular formula is C26H24N2O2. The number of hydrogen-bond donors (Lipinski definition) is 1. The molecule has 0 amide bonds. The van der Waals surface area contributed by atoms with Gasteiger partial charge in [0.05, 0.1) is 11.4 Å². The van der Waals surface area contributed by atoms with Gasteiger partial charge in [0.25, 0.3) is 0 Å². The quantitative estimate of drug-likeness (QED) is 0.422. The molecule has 0 atom stereocenters. The van der Waals surface area contributed by atoms with Crippen LogP contribution in [0.1, 0.15) is 26.3 Å². The highest BCUT2D eigenvalue weighted by Crippen LogP contribution is 2.38. The molecule has 150 valence electrons. The van der Waals surface area contributed by atoms with E-state index >= 15 is 0 Å². The maximum atomic E-state index is 10.9. The van der Waals surface area contributed by atoms with Crippen LogP contribution in [0.15, 0.2) is 85.1 Å². The summed E-state index contributed by atoms with van der Waals surface area (Å²) >= 11 is 0. The van der Waals surface area contributed by atoms with Crippen molar-refractivity contribution in [2.45, 2.75) is 26.2 Å². The topological polar surface area (TPSA) is 55.2 Å². The first-order valence-electron chi connectivity index (χ1n) is 9.91. The summed E-state index contributed by atoms with van der Waals surface area (Å²) < 4.78 is 5.85.